The minimum Gasteiger partial charge on any atom is -0.380 e. The molecule has 7 nitrogen and oxygen atoms in total. The summed E-state index contributed by atoms with van der Waals surface area (Å²) in [7, 11) is 0. The normalized spacial score (nSPS) is 12.0. The smallest absolute Gasteiger partial charge is 0.233 e. The molecule has 0 rings (SSSR count). The zero-order chi connectivity index (χ0) is 19.8. The lowest BCUT2D eigenvalue weighted by Crippen LogP contribution is -2.39. The van der Waals surface area contributed by atoms with Crippen molar-refractivity contribution in [1.82, 2.24) is 10.6 Å². The molecular weight excluding hydrogens is 356 g/mol. The van der Waals surface area contributed by atoms with Gasteiger partial charge in [0, 0.05) is 50.8 Å². The molecule has 0 aromatic heterocycles. The number of ketones is 1. The first-order valence-electron chi connectivity index (χ1n) is 9.26. The molecule has 152 valence electrons. The Morgan fingerprint density at radius 2 is 1.54 bits per heavy atom. The quantitative estimate of drug-likeness (QED) is 0.387. The van der Waals surface area contributed by atoms with Crippen LogP contribution in [0.1, 0.15) is 40.5 Å². The molecule has 2 N–H and O–H groups in total. The molecule has 2 amide bonds. The molecule has 26 heavy (non-hydrogen) atoms. The monoisotopic (exact) mass is 390 g/mol. The fourth-order valence-electron chi connectivity index (χ4n) is 1.97. The lowest BCUT2D eigenvalue weighted by atomic mass is 10.1. The van der Waals surface area contributed by atoms with Crippen molar-refractivity contribution >= 4 is 29.4 Å². The Hall–Kier alpha value is -1.12. The Kier molecular flexibility index (Phi) is 15.4. The van der Waals surface area contributed by atoms with Gasteiger partial charge in [-0.3, -0.25) is 14.4 Å². The average molecular weight is 391 g/mol. The highest BCUT2D eigenvalue weighted by Crippen LogP contribution is 2.17. The molecule has 1 unspecified atom stereocenters. The summed E-state index contributed by atoms with van der Waals surface area (Å²) in [5.74, 6) is 0.265. The topological polar surface area (TPSA) is 93.7 Å². The van der Waals surface area contributed by atoms with E-state index in [9.17, 15) is 14.4 Å². The summed E-state index contributed by atoms with van der Waals surface area (Å²) in [5.41, 5.74) is 0. The van der Waals surface area contributed by atoms with Crippen molar-refractivity contribution in [2.24, 2.45) is 5.92 Å². The second kappa shape index (κ2) is 16.1. The number of nitrogens with one attached hydrogen (secondary N) is 2. The molecule has 0 radical (unpaired) electrons. The molecule has 8 heteroatoms. The van der Waals surface area contributed by atoms with Crippen LogP contribution in [-0.2, 0) is 23.9 Å². The number of carbonyl (C=O) groups is 3. The van der Waals surface area contributed by atoms with Gasteiger partial charge in [0.2, 0.25) is 11.8 Å². The van der Waals surface area contributed by atoms with Crippen molar-refractivity contribution in [3.8, 4) is 0 Å². The fourth-order valence-corrected chi connectivity index (χ4v) is 3.08. The van der Waals surface area contributed by atoms with E-state index in [2.05, 4.69) is 10.6 Å². The number of ether oxygens (including phenoxy) is 2. The molecule has 0 saturated carbocycles. The summed E-state index contributed by atoms with van der Waals surface area (Å²) in [5, 5.41) is 5.01. The van der Waals surface area contributed by atoms with E-state index in [0.29, 0.717) is 51.7 Å². The minimum absolute atomic E-state index is 0.0177. The third-order valence-corrected chi connectivity index (χ3v) is 4.72. The van der Waals surface area contributed by atoms with Crippen molar-refractivity contribution in [3.63, 3.8) is 0 Å². The van der Waals surface area contributed by atoms with Gasteiger partial charge in [-0.05, 0) is 13.8 Å². The van der Waals surface area contributed by atoms with E-state index in [4.69, 9.17) is 9.47 Å². The first-order valence-corrected chi connectivity index (χ1v) is 10.3. The summed E-state index contributed by atoms with van der Waals surface area (Å²) in [6.07, 6.45) is 0.476. The Balaban J connectivity index is 4.44. The standard InChI is InChI=1S/C18H34N2O5S/c1-5-24-10-8-19-17(22)13-16(18(23)20-9-11-25-6-2)26-12-7-15(21)14(3)4/h14,16H,5-13H2,1-4H3,(H,19,22)(H,20,23). The maximum absolute atomic E-state index is 12.4. The number of carbonyl (C=O) groups excluding carboxylic acids is 3. The van der Waals surface area contributed by atoms with Crippen LogP contribution in [0.5, 0.6) is 0 Å². The Morgan fingerprint density at radius 1 is 0.962 bits per heavy atom. The summed E-state index contributed by atoms with van der Waals surface area (Å²) in [4.78, 5) is 36.1. The summed E-state index contributed by atoms with van der Waals surface area (Å²) in [6, 6.07) is 0. The Bertz CT molecular complexity index is 418. The van der Waals surface area contributed by atoms with Crippen LogP contribution >= 0.6 is 11.8 Å². The van der Waals surface area contributed by atoms with Crippen LogP contribution < -0.4 is 10.6 Å². The van der Waals surface area contributed by atoms with Crippen LogP contribution in [0.4, 0.5) is 0 Å². The molecule has 0 aliphatic rings. The van der Waals surface area contributed by atoms with Gasteiger partial charge in [0.05, 0.1) is 18.5 Å². The van der Waals surface area contributed by atoms with Gasteiger partial charge < -0.3 is 20.1 Å². The average Bonchev–Trinajstić information content (AvgIpc) is 2.61. The van der Waals surface area contributed by atoms with Crippen LogP contribution in [0.25, 0.3) is 0 Å². The highest BCUT2D eigenvalue weighted by atomic mass is 32.2. The van der Waals surface area contributed by atoms with Gasteiger partial charge in [0.1, 0.15) is 5.78 Å². The lowest BCUT2D eigenvalue weighted by molar-refractivity contribution is -0.126. The van der Waals surface area contributed by atoms with E-state index in [1.807, 2.05) is 27.7 Å². The molecule has 0 spiro atoms. The maximum Gasteiger partial charge on any atom is 0.233 e. The van der Waals surface area contributed by atoms with Crippen LogP contribution in [-0.4, -0.2) is 68.1 Å². The lowest BCUT2D eigenvalue weighted by Gasteiger charge is -2.16. The minimum atomic E-state index is -0.524. The first kappa shape index (κ1) is 24.9. The molecule has 1 atom stereocenters. The molecule has 0 aliphatic carbocycles. The van der Waals surface area contributed by atoms with Crippen molar-refractivity contribution < 1.29 is 23.9 Å². The van der Waals surface area contributed by atoms with Crippen LogP contribution in [0.15, 0.2) is 0 Å². The second-order valence-electron chi connectivity index (χ2n) is 5.97. The van der Waals surface area contributed by atoms with Gasteiger partial charge in [-0.1, -0.05) is 13.8 Å². The predicted molar refractivity (Wildman–Crippen MR) is 104 cm³/mol. The van der Waals surface area contributed by atoms with Crippen molar-refractivity contribution in [2.45, 2.75) is 45.8 Å². The number of hydrogen-bond acceptors (Lipinski definition) is 6. The van der Waals surface area contributed by atoms with Gasteiger partial charge in [-0.15, -0.1) is 11.8 Å². The molecule has 0 heterocycles. The van der Waals surface area contributed by atoms with Crippen LogP contribution in [0, 0.1) is 5.92 Å². The highest BCUT2D eigenvalue weighted by molar-refractivity contribution is 8.00. The third-order valence-electron chi connectivity index (χ3n) is 3.50. The van der Waals surface area contributed by atoms with Crippen LogP contribution in [0.2, 0.25) is 0 Å². The number of amides is 2. The van der Waals surface area contributed by atoms with Gasteiger partial charge in [-0.25, -0.2) is 0 Å². The van der Waals surface area contributed by atoms with E-state index in [0.717, 1.165) is 0 Å². The number of hydrogen-bond donors (Lipinski definition) is 2. The van der Waals surface area contributed by atoms with Gasteiger partial charge >= 0.3 is 0 Å². The predicted octanol–water partition coefficient (Wildman–Crippen LogP) is 1.40. The van der Waals surface area contributed by atoms with Crippen molar-refractivity contribution in [1.29, 1.82) is 0 Å². The number of Topliss-reactive ketones (excluding diaryl/α,β-unsaturated/α-hetero) is 1. The van der Waals surface area contributed by atoms with E-state index in [1.165, 1.54) is 11.8 Å². The van der Waals surface area contributed by atoms with E-state index >= 15 is 0 Å². The van der Waals surface area contributed by atoms with Gasteiger partial charge in [0.15, 0.2) is 0 Å². The van der Waals surface area contributed by atoms with Crippen LogP contribution in [0.3, 0.4) is 0 Å². The zero-order valence-electron chi connectivity index (χ0n) is 16.5. The van der Waals surface area contributed by atoms with Crippen molar-refractivity contribution in [2.75, 3.05) is 45.3 Å². The summed E-state index contributed by atoms with van der Waals surface area (Å²) in [6.45, 7) is 10.4. The summed E-state index contributed by atoms with van der Waals surface area (Å²) < 4.78 is 10.4. The fraction of sp³-hybridized carbons (Fsp3) is 0.833. The largest absolute Gasteiger partial charge is 0.380 e. The van der Waals surface area contributed by atoms with E-state index < -0.39 is 5.25 Å². The Labute approximate surface area is 161 Å². The second-order valence-corrected chi connectivity index (χ2v) is 7.28. The third kappa shape index (κ3) is 13.1. The summed E-state index contributed by atoms with van der Waals surface area (Å²) >= 11 is 1.35. The van der Waals surface area contributed by atoms with Gasteiger partial charge in [-0.2, -0.15) is 0 Å². The van der Waals surface area contributed by atoms with Crippen molar-refractivity contribution in [3.05, 3.63) is 0 Å². The van der Waals surface area contributed by atoms with E-state index in [-0.39, 0.29) is 29.9 Å². The van der Waals surface area contributed by atoms with Gasteiger partial charge in [0.25, 0.3) is 0 Å². The SMILES string of the molecule is CCOCCNC(=O)CC(SCCC(=O)C(C)C)C(=O)NCCOCC. The Morgan fingerprint density at radius 3 is 2.08 bits per heavy atom. The molecule has 0 aliphatic heterocycles. The first-order chi connectivity index (χ1) is 12.4. The molecule has 0 saturated heterocycles. The number of rotatable bonds is 16. The van der Waals surface area contributed by atoms with E-state index in [1.54, 1.807) is 0 Å². The molecule has 0 bridgehead atoms. The molecule has 0 fully saturated rings. The molecular formula is C18H34N2O5S. The number of thioether (sulfide) groups is 1. The zero-order valence-corrected chi connectivity index (χ0v) is 17.3. The molecule has 0 aromatic carbocycles. The maximum atomic E-state index is 12.4. The highest BCUT2D eigenvalue weighted by Gasteiger charge is 2.22. The molecule has 0 aromatic rings.